The Balaban J connectivity index is 1.34. The van der Waals surface area contributed by atoms with E-state index in [4.69, 9.17) is 14.5 Å². The molecule has 0 spiro atoms. The standard InChI is InChI=1S/C30H29BrN2O2/c1-3-16-35-30-26(31)17-20(18-28(30)34-4-2)19-32-22-14-12-21(13-15-22)29-25-10-7-9-23(25)24-8-5-6-11-27(24)33-29/h3,5-9,11-15,17-19,23,25,29,33H,1,4,10,16H2,2H3/t23-,25+,29+/m1/s1. The average molecular weight is 529 g/mol. The molecule has 0 amide bonds. The first-order valence-electron chi connectivity index (χ1n) is 12.0. The highest BCUT2D eigenvalue weighted by Crippen LogP contribution is 2.49. The van der Waals surface area contributed by atoms with E-state index >= 15 is 0 Å². The van der Waals surface area contributed by atoms with Crippen molar-refractivity contribution < 1.29 is 9.47 Å². The van der Waals surface area contributed by atoms with Crippen molar-refractivity contribution in [1.29, 1.82) is 0 Å². The minimum Gasteiger partial charge on any atom is -0.490 e. The highest BCUT2D eigenvalue weighted by atomic mass is 79.9. The maximum atomic E-state index is 5.79. The molecule has 0 saturated heterocycles. The van der Waals surface area contributed by atoms with Gasteiger partial charge in [0.1, 0.15) is 6.61 Å². The zero-order valence-corrected chi connectivity index (χ0v) is 21.4. The van der Waals surface area contributed by atoms with Gasteiger partial charge in [0.25, 0.3) is 0 Å². The molecule has 1 N–H and O–H groups in total. The van der Waals surface area contributed by atoms with Crippen LogP contribution in [0.25, 0.3) is 0 Å². The van der Waals surface area contributed by atoms with Gasteiger partial charge in [-0.2, -0.15) is 0 Å². The van der Waals surface area contributed by atoms with Gasteiger partial charge in [-0.05, 0) is 82.2 Å². The molecule has 0 aromatic heterocycles. The maximum Gasteiger partial charge on any atom is 0.175 e. The van der Waals surface area contributed by atoms with E-state index < -0.39 is 0 Å². The van der Waals surface area contributed by atoms with Crippen molar-refractivity contribution in [2.45, 2.75) is 25.3 Å². The maximum absolute atomic E-state index is 5.79. The molecule has 4 nitrogen and oxygen atoms in total. The van der Waals surface area contributed by atoms with Crippen molar-refractivity contribution in [3.8, 4) is 11.5 Å². The molecule has 5 rings (SSSR count). The molecule has 0 unspecified atom stereocenters. The summed E-state index contributed by atoms with van der Waals surface area (Å²) in [6.45, 7) is 6.64. The van der Waals surface area contributed by atoms with Crippen LogP contribution < -0.4 is 14.8 Å². The lowest BCUT2D eigenvalue weighted by molar-refractivity contribution is 0.295. The SMILES string of the molecule is C=CCOc1c(Br)cc(C=Nc2ccc([C@@H]3Nc4ccccc4[C@H]4C=CC[C@@H]43)cc2)cc1OCC. The molecule has 1 heterocycles. The van der Waals surface area contributed by atoms with Crippen LogP contribution in [0.2, 0.25) is 0 Å². The number of fused-ring (bicyclic) bond motifs is 3. The first-order valence-corrected chi connectivity index (χ1v) is 12.8. The fourth-order valence-electron chi connectivity index (χ4n) is 5.00. The lowest BCUT2D eigenvalue weighted by Gasteiger charge is -2.37. The predicted molar refractivity (Wildman–Crippen MR) is 147 cm³/mol. The van der Waals surface area contributed by atoms with E-state index in [1.165, 1.54) is 16.8 Å². The smallest absolute Gasteiger partial charge is 0.175 e. The average Bonchev–Trinajstić information content (AvgIpc) is 3.38. The number of hydrogen-bond donors (Lipinski definition) is 1. The number of nitrogens with zero attached hydrogens (tertiary/aromatic N) is 1. The number of benzene rings is 3. The predicted octanol–water partition coefficient (Wildman–Crippen LogP) is 7.99. The quantitative estimate of drug-likeness (QED) is 0.238. The molecule has 1 aliphatic carbocycles. The van der Waals surface area contributed by atoms with E-state index in [9.17, 15) is 0 Å². The van der Waals surface area contributed by atoms with Crippen LogP contribution in [0.15, 0.2) is 94.9 Å². The van der Waals surface area contributed by atoms with Crippen LogP contribution in [0.1, 0.15) is 42.0 Å². The fourth-order valence-corrected chi connectivity index (χ4v) is 5.57. The molecule has 0 bridgehead atoms. The fraction of sp³-hybridized carbons (Fsp3) is 0.233. The monoisotopic (exact) mass is 528 g/mol. The van der Waals surface area contributed by atoms with E-state index in [2.05, 4.69) is 88.5 Å². The molecule has 178 valence electrons. The van der Waals surface area contributed by atoms with Crippen LogP contribution in [-0.2, 0) is 0 Å². The van der Waals surface area contributed by atoms with Crippen LogP contribution in [-0.4, -0.2) is 19.4 Å². The summed E-state index contributed by atoms with van der Waals surface area (Å²) in [4.78, 5) is 4.71. The third-order valence-electron chi connectivity index (χ3n) is 6.56. The van der Waals surface area contributed by atoms with Crippen LogP contribution in [0.3, 0.4) is 0 Å². The van der Waals surface area contributed by atoms with E-state index in [1.807, 2.05) is 25.3 Å². The number of rotatable bonds is 8. The zero-order chi connectivity index (χ0) is 24.2. The van der Waals surface area contributed by atoms with Crippen LogP contribution >= 0.6 is 15.9 Å². The summed E-state index contributed by atoms with van der Waals surface area (Å²) in [6, 6.07) is 21.5. The number of para-hydroxylation sites is 1. The summed E-state index contributed by atoms with van der Waals surface area (Å²) >= 11 is 3.60. The molecule has 3 aromatic carbocycles. The number of halogens is 1. The summed E-state index contributed by atoms with van der Waals surface area (Å²) in [5.41, 5.74) is 5.78. The molecule has 35 heavy (non-hydrogen) atoms. The lowest BCUT2D eigenvalue weighted by Crippen LogP contribution is -2.28. The minimum atomic E-state index is 0.288. The Morgan fingerprint density at radius 1 is 1.11 bits per heavy atom. The van der Waals surface area contributed by atoms with Gasteiger partial charge >= 0.3 is 0 Å². The first-order chi connectivity index (χ1) is 17.2. The van der Waals surface area contributed by atoms with Crippen LogP contribution in [0.4, 0.5) is 11.4 Å². The Hall–Kier alpha value is -3.31. The first kappa shape index (κ1) is 23.4. The lowest BCUT2D eigenvalue weighted by atomic mass is 9.77. The topological polar surface area (TPSA) is 42.8 Å². The zero-order valence-electron chi connectivity index (χ0n) is 19.8. The third kappa shape index (κ3) is 4.92. The molecule has 0 radical (unpaired) electrons. The van der Waals surface area contributed by atoms with Crippen molar-refractivity contribution >= 4 is 33.5 Å². The summed E-state index contributed by atoms with van der Waals surface area (Å²) in [5, 5.41) is 3.79. The Kier molecular flexibility index (Phi) is 7.05. The van der Waals surface area contributed by atoms with Gasteiger partial charge in [-0.1, -0.05) is 55.1 Å². The van der Waals surface area contributed by atoms with Gasteiger partial charge in [0, 0.05) is 17.8 Å². The van der Waals surface area contributed by atoms with Crippen LogP contribution in [0.5, 0.6) is 11.5 Å². The molecule has 0 saturated carbocycles. The number of anilines is 1. The second-order valence-corrected chi connectivity index (χ2v) is 9.63. The van der Waals surface area contributed by atoms with E-state index in [1.54, 1.807) is 6.08 Å². The largest absolute Gasteiger partial charge is 0.490 e. The van der Waals surface area contributed by atoms with Gasteiger partial charge in [0.05, 0.1) is 22.8 Å². The highest BCUT2D eigenvalue weighted by molar-refractivity contribution is 9.10. The van der Waals surface area contributed by atoms with Gasteiger partial charge in [-0.15, -0.1) is 0 Å². The normalized spacial score (nSPS) is 20.2. The van der Waals surface area contributed by atoms with Crippen molar-refractivity contribution in [3.05, 3.63) is 107 Å². The Morgan fingerprint density at radius 2 is 1.94 bits per heavy atom. The van der Waals surface area contributed by atoms with Gasteiger partial charge in [0.15, 0.2) is 11.5 Å². The number of hydrogen-bond acceptors (Lipinski definition) is 4. The van der Waals surface area contributed by atoms with Crippen molar-refractivity contribution in [2.75, 3.05) is 18.5 Å². The van der Waals surface area contributed by atoms with Gasteiger partial charge < -0.3 is 14.8 Å². The Bertz CT molecular complexity index is 1270. The number of aliphatic imine (C=N–C) groups is 1. The number of nitrogens with one attached hydrogen (secondary N) is 1. The van der Waals surface area contributed by atoms with Crippen molar-refractivity contribution in [2.24, 2.45) is 10.9 Å². The third-order valence-corrected chi connectivity index (χ3v) is 7.15. The molecule has 3 aromatic rings. The molecular weight excluding hydrogens is 500 g/mol. The Morgan fingerprint density at radius 3 is 2.74 bits per heavy atom. The molecule has 3 atom stereocenters. The van der Waals surface area contributed by atoms with Crippen molar-refractivity contribution in [1.82, 2.24) is 0 Å². The Labute approximate surface area is 215 Å². The number of allylic oxidation sites excluding steroid dienone is 2. The molecule has 5 heteroatoms. The second-order valence-electron chi connectivity index (χ2n) is 8.78. The molecule has 0 fully saturated rings. The van der Waals surface area contributed by atoms with E-state index in [0.29, 0.717) is 36.5 Å². The van der Waals surface area contributed by atoms with E-state index in [-0.39, 0.29) is 6.04 Å². The molecular formula is C30H29BrN2O2. The molecule has 2 aliphatic rings. The summed E-state index contributed by atoms with van der Waals surface area (Å²) in [7, 11) is 0. The van der Waals surface area contributed by atoms with Gasteiger partial charge in [0.2, 0.25) is 0 Å². The van der Waals surface area contributed by atoms with Crippen LogP contribution in [0, 0.1) is 5.92 Å². The van der Waals surface area contributed by atoms with E-state index in [0.717, 1.165) is 22.1 Å². The van der Waals surface area contributed by atoms with Gasteiger partial charge in [-0.25, -0.2) is 0 Å². The molecule has 1 aliphatic heterocycles. The van der Waals surface area contributed by atoms with Crippen molar-refractivity contribution in [3.63, 3.8) is 0 Å². The highest BCUT2D eigenvalue weighted by Gasteiger charge is 2.37. The summed E-state index contributed by atoms with van der Waals surface area (Å²) in [5.74, 6) is 2.38. The minimum absolute atomic E-state index is 0.288. The second kappa shape index (κ2) is 10.5. The van der Waals surface area contributed by atoms with Gasteiger partial charge in [-0.3, -0.25) is 4.99 Å². The summed E-state index contributed by atoms with van der Waals surface area (Å²) in [6.07, 6.45) is 9.36. The summed E-state index contributed by atoms with van der Waals surface area (Å²) < 4.78 is 12.4. The number of ether oxygens (including phenoxy) is 2.